The van der Waals surface area contributed by atoms with Crippen molar-refractivity contribution in [3.05, 3.63) is 31.8 Å². The zero-order valence-electron chi connectivity index (χ0n) is 8.32. The Morgan fingerprint density at radius 2 is 2.21 bits per heavy atom. The second kappa shape index (κ2) is 6.80. The average molecular weight is 368 g/mol. The minimum atomic E-state index is 0.956. The van der Waals surface area contributed by atoms with Crippen molar-refractivity contribution in [1.29, 1.82) is 0 Å². The first-order valence-electron chi connectivity index (χ1n) is 4.88. The molecule has 0 aromatic heterocycles. The lowest BCUT2D eigenvalue weighted by Gasteiger charge is -2.06. The van der Waals surface area contributed by atoms with Crippen LogP contribution in [0.15, 0.2) is 22.7 Å². The predicted octanol–water partition coefficient (Wildman–Crippen LogP) is 3.94. The molecule has 1 aromatic rings. The van der Waals surface area contributed by atoms with E-state index in [2.05, 4.69) is 69.0 Å². The van der Waals surface area contributed by atoms with E-state index in [4.69, 9.17) is 0 Å². The van der Waals surface area contributed by atoms with Gasteiger partial charge < -0.3 is 5.32 Å². The molecule has 3 heteroatoms. The van der Waals surface area contributed by atoms with Gasteiger partial charge in [0.05, 0.1) is 0 Å². The lowest BCUT2D eigenvalue weighted by Crippen LogP contribution is -2.14. The maximum atomic E-state index is 3.56. The van der Waals surface area contributed by atoms with Gasteiger partial charge >= 0.3 is 0 Å². The number of halogens is 2. The van der Waals surface area contributed by atoms with Crippen LogP contribution in [0.4, 0.5) is 0 Å². The molecule has 0 bridgehead atoms. The number of benzene rings is 1. The third-order valence-corrected chi connectivity index (χ3v) is 3.47. The number of unbranched alkanes of at least 4 members (excludes halogenated alkanes) is 1. The Hall–Kier alpha value is 0.390. The predicted molar refractivity (Wildman–Crippen MR) is 73.5 cm³/mol. The Kier molecular flexibility index (Phi) is 6.05. The van der Waals surface area contributed by atoms with Crippen LogP contribution in [-0.4, -0.2) is 6.54 Å². The topological polar surface area (TPSA) is 12.0 Å². The third kappa shape index (κ3) is 4.28. The molecule has 0 amide bonds. The van der Waals surface area contributed by atoms with Crippen LogP contribution in [0.5, 0.6) is 0 Å². The molecule has 0 radical (unpaired) electrons. The van der Waals surface area contributed by atoms with E-state index in [1.807, 2.05) is 0 Å². The number of hydrogen-bond donors (Lipinski definition) is 1. The Morgan fingerprint density at radius 1 is 1.43 bits per heavy atom. The van der Waals surface area contributed by atoms with Crippen molar-refractivity contribution in [1.82, 2.24) is 5.32 Å². The number of hydrogen-bond acceptors (Lipinski definition) is 1. The molecule has 1 nitrogen and oxygen atoms in total. The minimum absolute atomic E-state index is 0.956. The van der Waals surface area contributed by atoms with E-state index in [-0.39, 0.29) is 0 Å². The van der Waals surface area contributed by atoms with Gasteiger partial charge in [-0.15, -0.1) is 0 Å². The van der Waals surface area contributed by atoms with Crippen molar-refractivity contribution in [2.24, 2.45) is 0 Å². The van der Waals surface area contributed by atoms with Gasteiger partial charge in [0.2, 0.25) is 0 Å². The molecule has 0 saturated carbocycles. The highest BCUT2D eigenvalue weighted by Crippen LogP contribution is 2.19. The molecular formula is C11H15BrIN. The summed E-state index contributed by atoms with van der Waals surface area (Å²) in [6.07, 6.45) is 2.50. The second-order valence-electron chi connectivity index (χ2n) is 3.27. The first-order valence-corrected chi connectivity index (χ1v) is 6.76. The minimum Gasteiger partial charge on any atom is -0.313 e. The molecule has 0 unspecified atom stereocenters. The molecule has 0 aliphatic carbocycles. The van der Waals surface area contributed by atoms with Crippen LogP contribution in [0.1, 0.15) is 25.3 Å². The van der Waals surface area contributed by atoms with Crippen molar-refractivity contribution in [3.8, 4) is 0 Å². The summed E-state index contributed by atoms with van der Waals surface area (Å²) in [5.74, 6) is 0. The Balaban J connectivity index is 2.45. The lowest BCUT2D eigenvalue weighted by molar-refractivity contribution is 0.640. The molecule has 1 N–H and O–H groups in total. The first-order chi connectivity index (χ1) is 6.74. The van der Waals surface area contributed by atoms with Crippen LogP contribution in [0, 0.1) is 3.57 Å². The third-order valence-electron chi connectivity index (χ3n) is 2.03. The fourth-order valence-corrected chi connectivity index (χ4v) is 2.15. The van der Waals surface area contributed by atoms with Gasteiger partial charge in [-0.1, -0.05) is 29.3 Å². The molecule has 1 rings (SSSR count). The van der Waals surface area contributed by atoms with E-state index in [0.717, 1.165) is 13.1 Å². The largest absolute Gasteiger partial charge is 0.313 e. The zero-order chi connectivity index (χ0) is 10.4. The van der Waals surface area contributed by atoms with Crippen molar-refractivity contribution < 1.29 is 0 Å². The van der Waals surface area contributed by atoms with Crippen LogP contribution in [0.2, 0.25) is 0 Å². The molecule has 0 heterocycles. The maximum absolute atomic E-state index is 3.56. The quantitative estimate of drug-likeness (QED) is 0.613. The normalized spacial score (nSPS) is 10.5. The smallest absolute Gasteiger partial charge is 0.0220 e. The van der Waals surface area contributed by atoms with Gasteiger partial charge in [-0.05, 0) is 59.3 Å². The van der Waals surface area contributed by atoms with Gasteiger partial charge in [0.25, 0.3) is 0 Å². The second-order valence-corrected chi connectivity index (χ2v) is 5.37. The van der Waals surface area contributed by atoms with E-state index in [1.54, 1.807) is 0 Å². The molecule has 0 aliphatic rings. The van der Waals surface area contributed by atoms with Gasteiger partial charge in [0.1, 0.15) is 0 Å². The van der Waals surface area contributed by atoms with E-state index in [9.17, 15) is 0 Å². The summed E-state index contributed by atoms with van der Waals surface area (Å²) >= 11 is 5.90. The van der Waals surface area contributed by atoms with Crippen LogP contribution in [0.25, 0.3) is 0 Å². The van der Waals surface area contributed by atoms with Gasteiger partial charge in [-0.3, -0.25) is 0 Å². The first kappa shape index (κ1) is 12.5. The van der Waals surface area contributed by atoms with Crippen molar-refractivity contribution in [2.75, 3.05) is 6.54 Å². The Bertz CT molecular complexity index is 289. The summed E-state index contributed by atoms with van der Waals surface area (Å²) in [5, 5.41) is 3.44. The highest BCUT2D eigenvalue weighted by atomic mass is 127. The maximum Gasteiger partial charge on any atom is 0.0220 e. The summed E-state index contributed by atoms with van der Waals surface area (Å²) in [6.45, 7) is 4.27. The highest BCUT2D eigenvalue weighted by Gasteiger charge is 1.99. The van der Waals surface area contributed by atoms with Crippen LogP contribution in [0.3, 0.4) is 0 Å². The monoisotopic (exact) mass is 367 g/mol. The molecule has 0 atom stereocenters. The highest BCUT2D eigenvalue weighted by molar-refractivity contribution is 14.1. The van der Waals surface area contributed by atoms with E-state index in [1.165, 1.54) is 26.4 Å². The summed E-state index contributed by atoms with van der Waals surface area (Å²) in [7, 11) is 0. The molecular weight excluding hydrogens is 353 g/mol. The zero-order valence-corrected chi connectivity index (χ0v) is 12.1. The molecule has 1 aromatic carbocycles. The van der Waals surface area contributed by atoms with E-state index in [0.29, 0.717) is 0 Å². The summed E-state index contributed by atoms with van der Waals surface area (Å²) in [6, 6.07) is 6.43. The van der Waals surface area contributed by atoms with Gasteiger partial charge in [-0.25, -0.2) is 0 Å². The van der Waals surface area contributed by atoms with Gasteiger partial charge in [0, 0.05) is 14.6 Å². The average Bonchev–Trinajstić information content (AvgIpc) is 2.18. The summed E-state index contributed by atoms with van der Waals surface area (Å²) < 4.78 is 2.49. The molecule has 78 valence electrons. The summed E-state index contributed by atoms with van der Waals surface area (Å²) in [5.41, 5.74) is 1.34. The van der Waals surface area contributed by atoms with Crippen molar-refractivity contribution >= 4 is 38.5 Å². The number of nitrogens with one attached hydrogen (secondary N) is 1. The fourth-order valence-electron chi connectivity index (χ4n) is 1.20. The lowest BCUT2D eigenvalue weighted by atomic mass is 10.2. The van der Waals surface area contributed by atoms with Crippen LogP contribution < -0.4 is 5.32 Å². The van der Waals surface area contributed by atoms with Crippen LogP contribution >= 0.6 is 38.5 Å². The SMILES string of the molecule is CCCCNCc1cc(I)ccc1Br. The standard InChI is InChI=1S/C11H15BrIN/c1-2-3-6-14-8-9-7-10(13)4-5-11(9)12/h4-5,7,14H,2-3,6,8H2,1H3. The Labute approximate surface area is 108 Å². The molecule has 0 aliphatic heterocycles. The molecule has 0 fully saturated rings. The van der Waals surface area contributed by atoms with Gasteiger partial charge in [0.15, 0.2) is 0 Å². The van der Waals surface area contributed by atoms with Gasteiger partial charge in [-0.2, -0.15) is 0 Å². The fraction of sp³-hybridized carbons (Fsp3) is 0.455. The summed E-state index contributed by atoms with van der Waals surface area (Å²) in [4.78, 5) is 0. The van der Waals surface area contributed by atoms with E-state index >= 15 is 0 Å². The molecule has 14 heavy (non-hydrogen) atoms. The molecule has 0 saturated heterocycles. The number of rotatable bonds is 5. The Morgan fingerprint density at radius 3 is 2.93 bits per heavy atom. The van der Waals surface area contributed by atoms with Crippen molar-refractivity contribution in [2.45, 2.75) is 26.3 Å². The molecule has 0 spiro atoms. The van der Waals surface area contributed by atoms with Crippen LogP contribution in [-0.2, 0) is 6.54 Å². The van der Waals surface area contributed by atoms with Crippen molar-refractivity contribution in [3.63, 3.8) is 0 Å². The van der Waals surface area contributed by atoms with E-state index < -0.39 is 0 Å².